The molecule has 3 heteroatoms. The van der Waals surface area contributed by atoms with E-state index in [0.717, 1.165) is 5.69 Å². The summed E-state index contributed by atoms with van der Waals surface area (Å²) in [4.78, 5) is 4.12. The fourth-order valence-corrected chi connectivity index (χ4v) is 0.822. The van der Waals surface area contributed by atoms with Crippen molar-refractivity contribution in [2.24, 2.45) is 0 Å². The largest absolute Gasteiger partial charge is 0.491 e. The Morgan fingerprint density at radius 3 is 2.15 bits per heavy atom. The Kier molecular flexibility index (Phi) is 5.68. The maximum atomic E-state index is 5.00. The fraction of sp³-hybridized carbons (Fsp3) is 0.500. The molecule has 1 heterocycles. The van der Waals surface area contributed by atoms with E-state index in [4.69, 9.17) is 9.47 Å². The molecule has 3 nitrogen and oxygen atoms in total. The first kappa shape index (κ1) is 11.8. The maximum Gasteiger partial charge on any atom is 0.256 e. The molecule has 0 aliphatic heterocycles. The highest BCUT2D eigenvalue weighted by molar-refractivity contribution is 5.34. The van der Waals surface area contributed by atoms with Crippen LogP contribution in [0.5, 0.6) is 11.6 Å². The summed E-state index contributed by atoms with van der Waals surface area (Å²) < 4.78 is 9.98. The Hall–Kier alpha value is -1.25. The maximum absolute atomic E-state index is 5.00. The number of hydrogen-bond acceptors (Lipinski definition) is 3. The summed E-state index contributed by atoms with van der Waals surface area (Å²) >= 11 is 0. The standard InChI is InChI=1S/C8H11NO2.C2H6/c1-6-4-5-7(10-2)8(9-6)11-3;1-2/h4-5H,1-3H3;1-2H3. The van der Waals surface area contributed by atoms with Gasteiger partial charge in [-0.25, -0.2) is 4.98 Å². The number of ether oxygens (including phenoxy) is 2. The van der Waals surface area contributed by atoms with Gasteiger partial charge < -0.3 is 9.47 Å². The number of nitrogens with zero attached hydrogens (tertiary/aromatic N) is 1. The van der Waals surface area contributed by atoms with E-state index >= 15 is 0 Å². The van der Waals surface area contributed by atoms with E-state index in [0.29, 0.717) is 11.6 Å². The normalized spacial score (nSPS) is 8.38. The first-order chi connectivity index (χ1) is 6.27. The summed E-state index contributed by atoms with van der Waals surface area (Å²) in [6.07, 6.45) is 0. The lowest BCUT2D eigenvalue weighted by Gasteiger charge is -2.05. The van der Waals surface area contributed by atoms with Gasteiger partial charge in [0.2, 0.25) is 0 Å². The van der Waals surface area contributed by atoms with Gasteiger partial charge in [0.05, 0.1) is 14.2 Å². The van der Waals surface area contributed by atoms with Crippen LogP contribution in [0.1, 0.15) is 19.5 Å². The molecule has 0 aromatic carbocycles. The van der Waals surface area contributed by atoms with Gasteiger partial charge in [-0.2, -0.15) is 0 Å². The van der Waals surface area contributed by atoms with Gasteiger partial charge in [0.15, 0.2) is 5.75 Å². The van der Waals surface area contributed by atoms with Crippen LogP contribution in [0.15, 0.2) is 12.1 Å². The summed E-state index contributed by atoms with van der Waals surface area (Å²) in [5, 5.41) is 0. The quantitative estimate of drug-likeness (QED) is 0.705. The van der Waals surface area contributed by atoms with E-state index in [2.05, 4.69) is 4.98 Å². The Morgan fingerprint density at radius 2 is 1.69 bits per heavy atom. The topological polar surface area (TPSA) is 31.4 Å². The van der Waals surface area contributed by atoms with Crippen molar-refractivity contribution in [3.05, 3.63) is 17.8 Å². The molecule has 0 aliphatic rings. The molecule has 0 saturated heterocycles. The monoisotopic (exact) mass is 183 g/mol. The highest BCUT2D eigenvalue weighted by Crippen LogP contribution is 2.23. The first-order valence-corrected chi connectivity index (χ1v) is 4.33. The number of aromatic nitrogens is 1. The smallest absolute Gasteiger partial charge is 0.256 e. The van der Waals surface area contributed by atoms with Crippen molar-refractivity contribution in [2.45, 2.75) is 20.8 Å². The van der Waals surface area contributed by atoms with Gasteiger partial charge >= 0.3 is 0 Å². The van der Waals surface area contributed by atoms with Gasteiger partial charge in [0.1, 0.15) is 0 Å². The van der Waals surface area contributed by atoms with Crippen molar-refractivity contribution >= 4 is 0 Å². The highest BCUT2D eigenvalue weighted by Gasteiger charge is 2.02. The fourth-order valence-electron chi connectivity index (χ4n) is 0.822. The molecule has 0 fully saturated rings. The van der Waals surface area contributed by atoms with Crippen LogP contribution in [0.3, 0.4) is 0 Å². The average molecular weight is 183 g/mol. The van der Waals surface area contributed by atoms with Crippen molar-refractivity contribution in [1.82, 2.24) is 4.98 Å². The number of aryl methyl sites for hydroxylation is 1. The number of pyridine rings is 1. The molecule has 1 aromatic heterocycles. The molecule has 0 bridgehead atoms. The molecule has 0 radical (unpaired) electrons. The lowest BCUT2D eigenvalue weighted by molar-refractivity contribution is 0.342. The van der Waals surface area contributed by atoms with Gasteiger partial charge in [-0.05, 0) is 19.1 Å². The molecule has 0 unspecified atom stereocenters. The van der Waals surface area contributed by atoms with Crippen LogP contribution < -0.4 is 9.47 Å². The summed E-state index contributed by atoms with van der Waals surface area (Å²) in [7, 11) is 3.17. The summed E-state index contributed by atoms with van der Waals surface area (Å²) in [6, 6.07) is 3.71. The van der Waals surface area contributed by atoms with Crippen LogP contribution >= 0.6 is 0 Å². The van der Waals surface area contributed by atoms with E-state index in [1.165, 1.54) is 0 Å². The third-order valence-corrected chi connectivity index (χ3v) is 1.38. The third kappa shape index (κ3) is 3.32. The Morgan fingerprint density at radius 1 is 1.08 bits per heavy atom. The van der Waals surface area contributed by atoms with Crippen LogP contribution in [0.4, 0.5) is 0 Å². The summed E-state index contributed by atoms with van der Waals surface area (Å²) in [5.74, 6) is 1.20. The zero-order valence-corrected chi connectivity index (χ0v) is 8.92. The molecule has 0 N–H and O–H groups in total. The molecule has 0 spiro atoms. The van der Waals surface area contributed by atoms with Gasteiger partial charge in [0.25, 0.3) is 5.88 Å². The zero-order chi connectivity index (χ0) is 10.3. The molecule has 0 saturated carbocycles. The molecule has 13 heavy (non-hydrogen) atoms. The Labute approximate surface area is 79.7 Å². The summed E-state index contributed by atoms with van der Waals surface area (Å²) in [5.41, 5.74) is 0.919. The van der Waals surface area contributed by atoms with E-state index in [9.17, 15) is 0 Å². The molecule has 0 aliphatic carbocycles. The minimum atomic E-state index is 0.535. The van der Waals surface area contributed by atoms with Gasteiger partial charge in [-0.1, -0.05) is 13.8 Å². The van der Waals surface area contributed by atoms with Crippen molar-refractivity contribution in [2.75, 3.05) is 14.2 Å². The lowest BCUT2D eigenvalue weighted by atomic mass is 10.3. The molecule has 1 aromatic rings. The third-order valence-electron chi connectivity index (χ3n) is 1.38. The van der Waals surface area contributed by atoms with Crippen LogP contribution in [-0.4, -0.2) is 19.2 Å². The van der Waals surface area contributed by atoms with Crippen LogP contribution in [-0.2, 0) is 0 Å². The van der Waals surface area contributed by atoms with E-state index in [1.807, 2.05) is 32.9 Å². The van der Waals surface area contributed by atoms with E-state index in [1.54, 1.807) is 14.2 Å². The van der Waals surface area contributed by atoms with Crippen molar-refractivity contribution in [1.29, 1.82) is 0 Å². The predicted molar refractivity (Wildman–Crippen MR) is 53.4 cm³/mol. The molecule has 74 valence electrons. The number of methoxy groups -OCH3 is 2. The second kappa shape index (κ2) is 6.29. The molecular formula is C10H17NO2. The van der Waals surface area contributed by atoms with E-state index < -0.39 is 0 Å². The van der Waals surface area contributed by atoms with Gasteiger partial charge in [-0.3, -0.25) is 0 Å². The number of hydrogen-bond donors (Lipinski definition) is 0. The molecular weight excluding hydrogens is 166 g/mol. The molecule has 0 atom stereocenters. The van der Waals surface area contributed by atoms with Gasteiger partial charge in [-0.15, -0.1) is 0 Å². The Balaban J connectivity index is 0.000000671. The molecule has 0 amide bonds. The second-order valence-corrected chi connectivity index (χ2v) is 2.16. The lowest BCUT2D eigenvalue weighted by Crippen LogP contribution is -1.94. The Bertz CT molecular complexity index is 249. The van der Waals surface area contributed by atoms with Crippen LogP contribution in [0.25, 0.3) is 0 Å². The first-order valence-electron chi connectivity index (χ1n) is 4.33. The number of rotatable bonds is 2. The molecule has 1 rings (SSSR count). The van der Waals surface area contributed by atoms with E-state index in [-0.39, 0.29) is 0 Å². The minimum absolute atomic E-state index is 0.535. The minimum Gasteiger partial charge on any atom is -0.491 e. The summed E-state index contributed by atoms with van der Waals surface area (Å²) in [6.45, 7) is 5.90. The predicted octanol–water partition coefficient (Wildman–Crippen LogP) is 2.43. The van der Waals surface area contributed by atoms with Crippen molar-refractivity contribution < 1.29 is 9.47 Å². The second-order valence-electron chi connectivity index (χ2n) is 2.16. The zero-order valence-electron chi connectivity index (χ0n) is 8.92. The van der Waals surface area contributed by atoms with Crippen LogP contribution in [0, 0.1) is 6.92 Å². The average Bonchev–Trinajstić information content (AvgIpc) is 2.20. The van der Waals surface area contributed by atoms with Crippen LogP contribution in [0.2, 0.25) is 0 Å². The van der Waals surface area contributed by atoms with Gasteiger partial charge in [0, 0.05) is 5.69 Å². The van der Waals surface area contributed by atoms with Crippen molar-refractivity contribution in [3.63, 3.8) is 0 Å². The highest BCUT2D eigenvalue weighted by atomic mass is 16.5. The SMILES string of the molecule is CC.COc1ccc(C)nc1OC. The van der Waals surface area contributed by atoms with Crippen molar-refractivity contribution in [3.8, 4) is 11.6 Å².